The van der Waals surface area contributed by atoms with Crippen LogP contribution in [-0.4, -0.2) is 35.4 Å². The Morgan fingerprint density at radius 1 is 0.914 bits per heavy atom. The van der Waals surface area contributed by atoms with Crippen molar-refractivity contribution in [1.29, 1.82) is 0 Å². The summed E-state index contributed by atoms with van der Waals surface area (Å²) >= 11 is 1.71. The van der Waals surface area contributed by atoms with E-state index in [9.17, 15) is 15.2 Å². The standard InChI is InChI=1S/C28H26BN2O3S/c32-19-18-31-26-13-5-6-14-27(26)35-28(31)15-7-9-21-16-17-30(25-12-4-2-10-23(21)25)20-22-8-1-3-11-24(22)29(33)34/h1-17,32-34H,18-20H2/q+1. The Morgan fingerprint density at radius 3 is 2.54 bits per heavy atom. The summed E-state index contributed by atoms with van der Waals surface area (Å²) in [5.74, 6) is 0. The van der Waals surface area contributed by atoms with Gasteiger partial charge in [-0.05, 0) is 35.3 Å². The normalized spacial score (nSPS) is 14.3. The van der Waals surface area contributed by atoms with Crippen LogP contribution in [0.5, 0.6) is 0 Å². The van der Waals surface area contributed by atoms with Gasteiger partial charge in [0.15, 0.2) is 12.7 Å². The van der Waals surface area contributed by atoms with Crippen LogP contribution in [0.4, 0.5) is 5.69 Å². The first-order chi connectivity index (χ1) is 17.2. The lowest BCUT2D eigenvalue weighted by atomic mass is 9.77. The number of allylic oxidation sites excluding steroid dienone is 2. The molecule has 0 unspecified atom stereocenters. The van der Waals surface area contributed by atoms with Crippen molar-refractivity contribution in [3.63, 3.8) is 0 Å². The van der Waals surface area contributed by atoms with Crippen molar-refractivity contribution >= 4 is 47.0 Å². The van der Waals surface area contributed by atoms with Gasteiger partial charge < -0.3 is 20.1 Å². The first-order valence-electron chi connectivity index (χ1n) is 11.5. The molecule has 3 N–H and O–H groups in total. The van der Waals surface area contributed by atoms with Gasteiger partial charge in [0.05, 0.1) is 22.7 Å². The third-order valence-electron chi connectivity index (χ3n) is 6.11. The lowest BCUT2D eigenvalue weighted by molar-refractivity contribution is -0.662. The molecule has 0 atom stereocenters. The molecule has 0 amide bonds. The SMILES string of the molecule is OCCN1/C(=C\C=C\c2cc[n+](Cc3ccccc3B(O)O)c3ccccc23)Sc2ccccc21. The summed E-state index contributed by atoms with van der Waals surface area (Å²) in [6.07, 6.45) is 8.29. The van der Waals surface area contributed by atoms with Gasteiger partial charge in [-0.1, -0.05) is 72.4 Å². The van der Waals surface area contributed by atoms with Gasteiger partial charge >= 0.3 is 7.12 Å². The maximum Gasteiger partial charge on any atom is 0.488 e. The fraction of sp³-hybridized carbons (Fsp3) is 0.107. The van der Waals surface area contributed by atoms with Crippen molar-refractivity contribution in [2.24, 2.45) is 0 Å². The number of aromatic nitrogens is 1. The molecule has 0 spiro atoms. The van der Waals surface area contributed by atoms with Gasteiger partial charge in [-0.15, -0.1) is 0 Å². The van der Waals surface area contributed by atoms with Crippen LogP contribution in [0, 0.1) is 0 Å². The summed E-state index contributed by atoms with van der Waals surface area (Å²) in [7, 11) is -1.50. The summed E-state index contributed by atoms with van der Waals surface area (Å²) < 4.78 is 2.12. The van der Waals surface area contributed by atoms with Crippen LogP contribution in [0.3, 0.4) is 0 Å². The number of rotatable bonds is 7. The van der Waals surface area contributed by atoms with E-state index in [0.717, 1.165) is 32.7 Å². The van der Waals surface area contributed by atoms with Crippen LogP contribution in [0.25, 0.3) is 17.0 Å². The van der Waals surface area contributed by atoms with E-state index in [0.29, 0.717) is 18.6 Å². The monoisotopic (exact) mass is 481 g/mol. The van der Waals surface area contributed by atoms with E-state index in [1.807, 2.05) is 48.7 Å². The van der Waals surface area contributed by atoms with E-state index in [2.05, 4.69) is 58.0 Å². The smallest absolute Gasteiger partial charge is 0.423 e. The molecule has 1 aromatic heterocycles. The van der Waals surface area contributed by atoms with Crippen molar-refractivity contribution in [2.75, 3.05) is 18.1 Å². The first-order valence-corrected chi connectivity index (χ1v) is 12.4. The third kappa shape index (κ3) is 4.90. The molecule has 35 heavy (non-hydrogen) atoms. The third-order valence-corrected chi connectivity index (χ3v) is 7.24. The number of aliphatic hydroxyl groups excluding tert-OH is 1. The van der Waals surface area contributed by atoms with Crippen LogP contribution < -0.4 is 14.9 Å². The minimum atomic E-state index is -1.50. The minimum Gasteiger partial charge on any atom is -0.423 e. The number of aliphatic hydroxyl groups is 1. The molecule has 2 heterocycles. The van der Waals surface area contributed by atoms with Crippen molar-refractivity contribution in [1.82, 2.24) is 0 Å². The predicted octanol–water partition coefficient (Wildman–Crippen LogP) is 3.31. The Kier molecular flexibility index (Phi) is 7.02. The number of anilines is 1. The number of para-hydroxylation sites is 2. The molecule has 5 rings (SSSR count). The Bertz CT molecular complexity index is 1420. The lowest BCUT2D eigenvalue weighted by Gasteiger charge is -2.18. The molecule has 3 aromatic carbocycles. The molecule has 0 saturated carbocycles. The number of hydrogen-bond donors (Lipinski definition) is 3. The summed E-state index contributed by atoms with van der Waals surface area (Å²) in [4.78, 5) is 3.34. The number of β-amino-alcohol motifs (C(OH)–C–C–N with tert-alkyl or cyclic N) is 1. The predicted molar refractivity (Wildman–Crippen MR) is 143 cm³/mol. The van der Waals surface area contributed by atoms with Crippen LogP contribution in [0.2, 0.25) is 0 Å². The van der Waals surface area contributed by atoms with Crippen molar-refractivity contribution < 1.29 is 19.7 Å². The lowest BCUT2D eigenvalue weighted by Crippen LogP contribution is -2.41. The van der Waals surface area contributed by atoms with Gasteiger partial charge in [-0.3, -0.25) is 0 Å². The molecule has 5 nitrogen and oxygen atoms in total. The second-order valence-corrected chi connectivity index (χ2v) is 9.36. The highest BCUT2D eigenvalue weighted by atomic mass is 32.2. The largest absolute Gasteiger partial charge is 0.488 e. The van der Waals surface area contributed by atoms with Gasteiger partial charge in [0.1, 0.15) is 0 Å². The molecular weight excluding hydrogens is 455 g/mol. The number of thioether (sulfide) groups is 1. The van der Waals surface area contributed by atoms with E-state index in [4.69, 9.17) is 0 Å². The first kappa shape index (κ1) is 23.4. The number of pyridine rings is 1. The fourth-order valence-corrected chi connectivity index (χ4v) is 5.55. The average Bonchev–Trinajstić information content (AvgIpc) is 3.23. The van der Waals surface area contributed by atoms with Gasteiger partial charge in [-0.2, -0.15) is 4.57 Å². The molecule has 1 aliphatic heterocycles. The Hall–Kier alpha value is -3.36. The molecule has 0 saturated heterocycles. The zero-order valence-electron chi connectivity index (χ0n) is 19.2. The highest BCUT2D eigenvalue weighted by Crippen LogP contribution is 2.45. The summed E-state index contributed by atoms with van der Waals surface area (Å²) in [5, 5.41) is 31.2. The van der Waals surface area contributed by atoms with Crippen molar-refractivity contribution in [3.8, 4) is 0 Å². The topological polar surface area (TPSA) is 67.8 Å². The summed E-state index contributed by atoms with van der Waals surface area (Å²) in [5.41, 5.74) is 4.67. The summed E-state index contributed by atoms with van der Waals surface area (Å²) in [6, 6.07) is 25.9. The average molecular weight is 481 g/mol. The molecule has 0 bridgehead atoms. The Labute approximate surface area is 209 Å². The molecular formula is C28H26BN2O3S+. The summed E-state index contributed by atoms with van der Waals surface area (Å²) in [6.45, 7) is 1.19. The maximum absolute atomic E-state index is 9.75. The molecule has 4 aromatic rings. The minimum absolute atomic E-state index is 0.0930. The molecule has 0 aliphatic carbocycles. The van der Waals surface area contributed by atoms with E-state index in [1.54, 1.807) is 17.8 Å². The second kappa shape index (κ2) is 10.5. The van der Waals surface area contributed by atoms with Crippen molar-refractivity contribution in [3.05, 3.63) is 113 Å². The van der Waals surface area contributed by atoms with Gasteiger partial charge in [0, 0.05) is 29.1 Å². The number of nitrogens with zero attached hydrogens (tertiary/aromatic N) is 2. The molecule has 7 heteroatoms. The van der Waals surface area contributed by atoms with E-state index >= 15 is 0 Å². The highest BCUT2D eigenvalue weighted by Gasteiger charge is 2.23. The Morgan fingerprint density at radius 2 is 1.69 bits per heavy atom. The highest BCUT2D eigenvalue weighted by molar-refractivity contribution is 8.03. The number of benzene rings is 3. The van der Waals surface area contributed by atoms with Crippen LogP contribution in [0.15, 0.2) is 107 Å². The number of hydrogen-bond acceptors (Lipinski definition) is 5. The molecule has 0 fully saturated rings. The second-order valence-electron chi connectivity index (χ2n) is 8.30. The maximum atomic E-state index is 9.75. The quantitative estimate of drug-likeness (QED) is 0.279. The molecule has 174 valence electrons. The van der Waals surface area contributed by atoms with Gasteiger partial charge in [0.2, 0.25) is 5.52 Å². The molecule has 0 radical (unpaired) electrons. The number of fused-ring (bicyclic) bond motifs is 2. The van der Waals surface area contributed by atoms with Crippen LogP contribution in [0.1, 0.15) is 11.1 Å². The zero-order valence-corrected chi connectivity index (χ0v) is 20.0. The van der Waals surface area contributed by atoms with Gasteiger partial charge in [-0.25, -0.2) is 0 Å². The van der Waals surface area contributed by atoms with Crippen molar-refractivity contribution in [2.45, 2.75) is 11.4 Å². The van der Waals surface area contributed by atoms with Crippen LogP contribution >= 0.6 is 11.8 Å². The molecule has 1 aliphatic rings. The fourth-order valence-electron chi connectivity index (χ4n) is 4.45. The van der Waals surface area contributed by atoms with Gasteiger partial charge in [0.25, 0.3) is 0 Å². The van der Waals surface area contributed by atoms with E-state index < -0.39 is 7.12 Å². The van der Waals surface area contributed by atoms with E-state index in [-0.39, 0.29) is 6.61 Å². The van der Waals surface area contributed by atoms with E-state index in [1.165, 1.54) is 4.90 Å². The Balaban J connectivity index is 1.45. The van der Waals surface area contributed by atoms with Crippen LogP contribution in [-0.2, 0) is 6.54 Å². The zero-order chi connectivity index (χ0) is 24.2.